The van der Waals surface area contributed by atoms with Crippen LogP contribution in [0.3, 0.4) is 0 Å². The molecule has 24 heavy (non-hydrogen) atoms. The van der Waals surface area contributed by atoms with Crippen molar-refractivity contribution in [3.63, 3.8) is 0 Å². The van der Waals surface area contributed by atoms with Crippen molar-refractivity contribution < 1.29 is 22.3 Å². The summed E-state index contributed by atoms with van der Waals surface area (Å²) in [6, 6.07) is 4.50. The number of rotatable bonds is 12. The minimum absolute atomic E-state index is 0.0153. The molecule has 0 heterocycles. The molecule has 0 unspecified atom stereocenters. The summed E-state index contributed by atoms with van der Waals surface area (Å²) in [4.78, 5) is 11.6. The van der Waals surface area contributed by atoms with Crippen LogP contribution in [0.1, 0.15) is 32.6 Å². The Bertz CT molecular complexity index is 591. The Morgan fingerprint density at radius 3 is 2.46 bits per heavy atom. The van der Waals surface area contributed by atoms with E-state index in [0.717, 1.165) is 38.0 Å². The average molecular weight is 360 g/mol. The van der Waals surface area contributed by atoms with Gasteiger partial charge in [-0.15, -0.1) is 0 Å². The molecule has 0 saturated carbocycles. The molecule has 0 aliphatic rings. The number of ether oxygens (including phenoxy) is 1. The number of unbranched alkanes of at least 4 members (excludes halogenated alkanes) is 1. The number of hydrogen-bond acceptors (Lipinski definition) is 4. The number of sulfonamides is 1. The van der Waals surface area contributed by atoms with Crippen LogP contribution in [0.15, 0.2) is 29.2 Å². The van der Waals surface area contributed by atoms with E-state index in [1.165, 1.54) is 12.1 Å². The van der Waals surface area contributed by atoms with Gasteiger partial charge in [-0.25, -0.2) is 17.5 Å². The van der Waals surface area contributed by atoms with Gasteiger partial charge >= 0.3 is 0 Å². The van der Waals surface area contributed by atoms with Crippen molar-refractivity contribution in [2.24, 2.45) is 0 Å². The summed E-state index contributed by atoms with van der Waals surface area (Å²) >= 11 is 0. The lowest BCUT2D eigenvalue weighted by atomic mass is 10.3. The molecule has 0 fully saturated rings. The summed E-state index contributed by atoms with van der Waals surface area (Å²) in [6.45, 7) is 3.90. The second-order valence-electron chi connectivity index (χ2n) is 5.27. The van der Waals surface area contributed by atoms with E-state index < -0.39 is 15.8 Å². The molecule has 8 heteroatoms. The number of carbonyl (C=O) groups is 1. The molecule has 0 bridgehead atoms. The third-order valence-corrected chi connectivity index (χ3v) is 4.67. The summed E-state index contributed by atoms with van der Waals surface area (Å²) < 4.78 is 44.3. The minimum Gasteiger partial charge on any atom is -0.381 e. The average Bonchev–Trinajstić information content (AvgIpc) is 2.54. The fourth-order valence-electron chi connectivity index (χ4n) is 1.83. The van der Waals surface area contributed by atoms with E-state index in [0.29, 0.717) is 13.2 Å². The Hall–Kier alpha value is -1.51. The van der Waals surface area contributed by atoms with Crippen LogP contribution >= 0.6 is 0 Å². The van der Waals surface area contributed by atoms with E-state index in [1.54, 1.807) is 0 Å². The second-order valence-corrected chi connectivity index (χ2v) is 7.04. The van der Waals surface area contributed by atoms with Gasteiger partial charge in [0.05, 0.1) is 4.90 Å². The third-order valence-electron chi connectivity index (χ3n) is 3.20. The number of amides is 1. The number of halogens is 1. The SMILES string of the molecule is CCCCOCCCNC(=O)CCNS(=O)(=O)c1ccc(F)cc1. The maximum atomic E-state index is 12.8. The van der Waals surface area contributed by atoms with Gasteiger partial charge < -0.3 is 10.1 Å². The van der Waals surface area contributed by atoms with Crippen molar-refractivity contribution in [3.8, 4) is 0 Å². The van der Waals surface area contributed by atoms with Gasteiger partial charge in [-0.3, -0.25) is 4.79 Å². The number of hydrogen-bond donors (Lipinski definition) is 2. The summed E-state index contributed by atoms with van der Waals surface area (Å²) in [5, 5.41) is 2.70. The molecular formula is C16H25FN2O4S. The van der Waals surface area contributed by atoms with Gasteiger partial charge in [0.1, 0.15) is 5.82 Å². The minimum atomic E-state index is -3.73. The molecule has 1 amide bonds. The highest BCUT2D eigenvalue weighted by atomic mass is 32.2. The Labute approximate surface area is 142 Å². The molecular weight excluding hydrogens is 335 g/mol. The summed E-state index contributed by atoms with van der Waals surface area (Å²) in [5.74, 6) is -0.739. The van der Waals surface area contributed by atoms with Crippen molar-refractivity contribution in [2.75, 3.05) is 26.3 Å². The molecule has 0 aliphatic carbocycles. The van der Waals surface area contributed by atoms with Gasteiger partial charge in [0, 0.05) is 32.7 Å². The first-order valence-corrected chi connectivity index (χ1v) is 9.53. The van der Waals surface area contributed by atoms with E-state index >= 15 is 0 Å². The lowest BCUT2D eigenvalue weighted by Gasteiger charge is -2.08. The van der Waals surface area contributed by atoms with Crippen molar-refractivity contribution in [1.29, 1.82) is 0 Å². The monoisotopic (exact) mass is 360 g/mol. The first kappa shape index (κ1) is 20.5. The predicted octanol–water partition coefficient (Wildman–Crippen LogP) is 1.82. The van der Waals surface area contributed by atoms with Gasteiger partial charge in [-0.05, 0) is 37.1 Å². The highest BCUT2D eigenvalue weighted by Gasteiger charge is 2.13. The van der Waals surface area contributed by atoms with Crippen molar-refractivity contribution in [2.45, 2.75) is 37.5 Å². The first-order chi connectivity index (χ1) is 11.5. The Kier molecular flexibility index (Phi) is 9.51. The van der Waals surface area contributed by atoms with Crippen LogP contribution in [0, 0.1) is 5.82 Å². The van der Waals surface area contributed by atoms with Crippen LogP contribution < -0.4 is 10.0 Å². The van der Waals surface area contributed by atoms with Crippen molar-refractivity contribution in [1.82, 2.24) is 10.0 Å². The molecule has 2 N–H and O–H groups in total. The highest BCUT2D eigenvalue weighted by molar-refractivity contribution is 7.89. The van der Waals surface area contributed by atoms with Crippen LogP contribution in [0.5, 0.6) is 0 Å². The largest absolute Gasteiger partial charge is 0.381 e. The van der Waals surface area contributed by atoms with Crippen molar-refractivity contribution >= 4 is 15.9 Å². The van der Waals surface area contributed by atoms with Gasteiger partial charge in [-0.2, -0.15) is 0 Å². The standard InChI is InChI=1S/C16H25FN2O4S/c1-2-3-12-23-13-4-10-18-16(20)9-11-19-24(21,22)15-7-5-14(17)6-8-15/h5-8,19H,2-4,9-13H2,1H3,(H,18,20). The van der Waals surface area contributed by atoms with Gasteiger partial charge in [-0.1, -0.05) is 13.3 Å². The molecule has 0 atom stereocenters. The number of carbonyl (C=O) groups excluding carboxylic acids is 1. The molecule has 0 saturated heterocycles. The van der Waals surface area contributed by atoms with E-state index in [4.69, 9.17) is 4.74 Å². The summed E-state index contributed by atoms with van der Waals surface area (Å²) in [6.07, 6.45) is 2.87. The maximum Gasteiger partial charge on any atom is 0.240 e. The van der Waals surface area contributed by atoms with E-state index in [9.17, 15) is 17.6 Å². The number of nitrogens with one attached hydrogen (secondary N) is 2. The predicted molar refractivity (Wildman–Crippen MR) is 89.6 cm³/mol. The van der Waals surface area contributed by atoms with Crippen LogP contribution in [-0.4, -0.2) is 40.6 Å². The Morgan fingerprint density at radius 1 is 1.12 bits per heavy atom. The molecule has 0 aromatic heterocycles. The molecule has 0 aliphatic heterocycles. The molecule has 0 radical (unpaired) electrons. The smallest absolute Gasteiger partial charge is 0.240 e. The fraction of sp³-hybridized carbons (Fsp3) is 0.562. The third kappa shape index (κ3) is 8.37. The summed E-state index contributed by atoms with van der Waals surface area (Å²) in [7, 11) is -3.73. The van der Waals surface area contributed by atoms with E-state index in [2.05, 4.69) is 17.0 Å². The molecule has 0 spiro atoms. The quantitative estimate of drug-likeness (QED) is 0.557. The van der Waals surface area contributed by atoms with Crippen LogP contribution in [-0.2, 0) is 19.6 Å². The Balaban J connectivity index is 2.17. The maximum absolute atomic E-state index is 12.8. The fourth-order valence-corrected chi connectivity index (χ4v) is 2.87. The van der Waals surface area contributed by atoms with Gasteiger partial charge in [0.25, 0.3) is 0 Å². The summed E-state index contributed by atoms with van der Waals surface area (Å²) in [5.41, 5.74) is 0. The first-order valence-electron chi connectivity index (χ1n) is 8.05. The van der Waals surface area contributed by atoms with E-state index in [-0.39, 0.29) is 23.8 Å². The van der Waals surface area contributed by atoms with Crippen LogP contribution in [0.25, 0.3) is 0 Å². The normalized spacial score (nSPS) is 11.4. The molecule has 1 aromatic carbocycles. The van der Waals surface area contributed by atoms with Gasteiger partial charge in [0.2, 0.25) is 15.9 Å². The van der Waals surface area contributed by atoms with Crippen LogP contribution in [0.2, 0.25) is 0 Å². The zero-order valence-corrected chi connectivity index (χ0v) is 14.7. The zero-order valence-electron chi connectivity index (χ0n) is 13.9. The Morgan fingerprint density at radius 2 is 1.79 bits per heavy atom. The molecule has 6 nitrogen and oxygen atoms in total. The van der Waals surface area contributed by atoms with E-state index in [1.807, 2.05) is 0 Å². The molecule has 1 aromatic rings. The van der Waals surface area contributed by atoms with Crippen molar-refractivity contribution in [3.05, 3.63) is 30.1 Å². The second kappa shape index (κ2) is 11.1. The van der Waals surface area contributed by atoms with Gasteiger partial charge in [0.15, 0.2) is 0 Å². The lowest BCUT2D eigenvalue weighted by Crippen LogP contribution is -2.31. The highest BCUT2D eigenvalue weighted by Crippen LogP contribution is 2.09. The lowest BCUT2D eigenvalue weighted by molar-refractivity contribution is -0.120. The topological polar surface area (TPSA) is 84.5 Å². The molecule has 1 rings (SSSR count). The number of benzene rings is 1. The zero-order chi connectivity index (χ0) is 17.8. The molecule has 136 valence electrons. The van der Waals surface area contributed by atoms with Crippen LogP contribution in [0.4, 0.5) is 4.39 Å².